The van der Waals surface area contributed by atoms with Gasteiger partial charge in [-0.3, -0.25) is 4.79 Å². The van der Waals surface area contributed by atoms with Gasteiger partial charge in [0.25, 0.3) is 5.91 Å². The van der Waals surface area contributed by atoms with Gasteiger partial charge in [0.1, 0.15) is 5.76 Å². The average Bonchev–Trinajstić information content (AvgIpc) is 2.83. The highest BCUT2D eigenvalue weighted by Gasteiger charge is 2.16. The SMILES string of the molecule is CCC(NC(=O)c1ccoc1C)c1ccc(C)cc1. The molecular weight excluding hydrogens is 238 g/mol. The molecule has 2 aromatic rings. The molecule has 1 atom stereocenters. The monoisotopic (exact) mass is 257 g/mol. The van der Waals surface area contributed by atoms with Crippen LogP contribution in [-0.2, 0) is 0 Å². The summed E-state index contributed by atoms with van der Waals surface area (Å²) >= 11 is 0. The van der Waals surface area contributed by atoms with Crippen LogP contribution in [0.3, 0.4) is 0 Å². The maximum Gasteiger partial charge on any atom is 0.255 e. The predicted molar refractivity (Wildman–Crippen MR) is 75.1 cm³/mol. The second-order valence-electron chi connectivity index (χ2n) is 4.74. The van der Waals surface area contributed by atoms with Gasteiger partial charge in [-0.25, -0.2) is 0 Å². The summed E-state index contributed by atoms with van der Waals surface area (Å²) in [6, 6.07) is 9.98. The molecule has 0 saturated carbocycles. The van der Waals surface area contributed by atoms with Crippen LogP contribution >= 0.6 is 0 Å². The van der Waals surface area contributed by atoms with Crippen molar-refractivity contribution in [1.82, 2.24) is 5.32 Å². The topological polar surface area (TPSA) is 42.2 Å². The summed E-state index contributed by atoms with van der Waals surface area (Å²) in [5.41, 5.74) is 2.95. The fourth-order valence-electron chi connectivity index (χ4n) is 2.08. The van der Waals surface area contributed by atoms with Crippen LogP contribution in [0.5, 0.6) is 0 Å². The standard InChI is InChI=1S/C16H19NO2/c1-4-15(13-7-5-11(2)6-8-13)17-16(18)14-9-10-19-12(14)3/h5-10,15H,4H2,1-3H3,(H,17,18). The Labute approximate surface area is 113 Å². The first-order valence-electron chi connectivity index (χ1n) is 6.53. The number of rotatable bonds is 4. The van der Waals surface area contributed by atoms with E-state index in [2.05, 4.69) is 43.4 Å². The number of carbonyl (C=O) groups is 1. The zero-order chi connectivity index (χ0) is 13.8. The largest absolute Gasteiger partial charge is 0.469 e. The van der Waals surface area contributed by atoms with Crippen molar-refractivity contribution in [3.63, 3.8) is 0 Å². The molecule has 0 bridgehead atoms. The summed E-state index contributed by atoms with van der Waals surface area (Å²) < 4.78 is 5.16. The molecule has 0 aliphatic heterocycles. The molecule has 3 nitrogen and oxygen atoms in total. The molecule has 19 heavy (non-hydrogen) atoms. The molecule has 0 spiro atoms. The second kappa shape index (κ2) is 5.74. The first kappa shape index (κ1) is 13.4. The maximum atomic E-state index is 12.2. The van der Waals surface area contributed by atoms with Crippen molar-refractivity contribution in [2.45, 2.75) is 33.2 Å². The minimum Gasteiger partial charge on any atom is -0.469 e. The Morgan fingerprint density at radius 1 is 1.21 bits per heavy atom. The molecule has 1 amide bonds. The lowest BCUT2D eigenvalue weighted by Gasteiger charge is -2.17. The molecule has 0 saturated heterocycles. The molecule has 1 aromatic carbocycles. The number of furan rings is 1. The third-order valence-corrected chi connectivity index (χ3v) is 3.30. The van der Waals surface area contributed by atoms with Crippen molar-refractivity contribution in [3.05, 3.63) is 59.0 Å². The third-order valence-electron chi connectivity index (χ3n) is 3.30. The lowest BCUT2D eigenvalue weighted by molar-refractivity contribution is 0.0934. The summed E-state index contributed by atoms with van der Waals surface area (Å²) in [5, 5.41) is 3.05. The zero-order valence-electron chi connectivity index (χ0n) is 11.6. The number of nitrogens with one attached hydrogen (secondary N) is 1. The van der Waals surface area contributed by atoms with Gasteiger partial charge in [-0.15, -0.1) is 0 Å². The average molecular weight is 257 g/mol. The van der Waals surface area contributed by atoms with Crippen LogP contribution in [0.1, 0.15) is 46.6 Å². The summed E-state index contributed by atoms with van der Waals surface area (Å²) in [7, 11) is 0. The number of carbonyl (C=O) groups excluding carboxylic acids is 1. The molecule has 0 fully saturated rings. The lowest BCUT2D eigenvalue weighted by Crippen LogP contribution is -2.28. The van der Waals surface area contributed by atoms with Gasteiger partial charge in [0.2, 0.25) is 0 Å². The number of hydrogen-bond acceptors (Lipinski definition) is 2. The highest BCUT2D eigenvalue weighted by molar-refractivity contribution is 5.95. The molecular formula is C16H19NO2. The van der Waals surface area contributed by atoms with Gasteiger partial charge in [0.15, 0.2) is 0 Å². The molecule has 1 unspecified atom stereocenters. The molecule has 0 aliphatic rings. The van der Waals surface area contributed by atoms with Gasteiger partial charge >= 0.3 is 0 Å². The molecule has 100 valence electrons. The van der Waals surface area contributed by atoms with E-state index in [1.165, 1.54) is 11.8 Å². The fourth-order valence-corrected chi connectivity index (χ4v) is 2.08. The normalized spacial score (nSPS) is 12.2. The van der Waals surface area contributed by atoms with Crippen molar-refractivity contribution in [2.75, 3.05) is 0 Å². The van der Waals surface area contributed by atoms with E-state index in [4.69, 9.17) is 4.42 Å². The maximum absolute atomic E-state index is 12.2. The van der Waals surface area contributed by atoms with Crippen LogP contribution in [-0.4, -0.2) is 5.91 Å². The molecule has 1 aromatic heterocycles. The van der Waals surface area contributed by atoms with E-state index in [0.717, 1.165) is 12.0 Å². The van der Waals surface area contributed by atoms with E-state index in [9.17, 15) is 4.79 Å². The Bertz CT molecular complexity index is 554. The Morgan fingerprint density at radius 2 is 1.89 bits per heavy atom. The van der Waals surface area contributed by atoms with Crippen molar-refractivity contribution in [1.29, 1.82) is 0 Å². The number of benzene rings is 1. The van der Waals surface area contributed by atoms with E-state index in [-0.39, 0.29) is 11.9 Å². The molecule has 1 heterocycles. The molecule has 1 N–H and O–H groups in total. The van der Waals surface area contributed by atoms with Gasteiger partial charge in [-0.2, -0.15) is 0 Å². The van der Waals surface area contributed by atoms with Crippen LogP contribution in [0.25, 0.3) is 0 Å². The van der Waals surface area contributed by atoms with E-state index in [1.54, 1.807) is 13.0 Å². The van der Waals surface area contributed by atoms with Crippen LogP contribution in [0.4, 0.5) is 0 Å². The second-order valence-corrected chi connectivity index (χ2v) is 4.74. The minimum atomic E-state index is -0.0846. The van der Waals surface area contributed by atoms with Crippen LogP contribution in [0, 0.1) is 13.8 Å². The van der Waals surface area contributed by atoms with E-state index < -0.39 is 0 Å². The van der Waals surface area contributed by atoms with Crippen LogP contribution in [0.2, 0.25) is 0 Å². The van der Waals surface area contributed by atoms with Crippen molar-refractivity contribution in [2.24, 2.45) is 0 Å². The van der Waals surface area contributed by atoms with Crippen molar-refractivity contribution >= 4 is 5.91 Å². The van der Waals surface area contributed by atoms with E-state index >= 15 is 0 Å². The summed E-state index contributed by atoms with van der Waals surface area (Å²) in [4.78, 5) is 12.2. The minimum absolute atomic E-state index is 0.0300. The first-order chi connectivity index (χ1) is 9.11. The van der Waals surface area contributed by atoms with Gasteiger partial charge in [0.05, 0.1) is 17.9 Å². The lowest BCUT2D eigenvalue weighted by atomic mass is 10.0. The van der Waals surface area contributed by atoms with Crippen LogP contribution < -0.4 is 5.32 Å². The van der Waals surface area contributed by atoms with E-state index in [1.807, 2.05) is 0 Å². The van der Waals surface area contributed by atoms with Crippen molar-refractivity contribution < 1.29 is 9.21 Å². The Balaban J connectivity index is 2.13. The number of amides is 1. The Kier molecular flexibility index (Phi) is 4.05. The summed E-state index contributed by atoms with van der Waals surface area (Å²) in [6.45, 7) is 5.91. The molecule has 2 rings (SSSR count). The van der Waals surface area contributed by atoms with Gasteiger partial charge in [0, 0.05) is 0 Å². The third kappa shape index (κ3) is 3.05. The smallest absolute Gasteiger partial charge is 0.255 e. The number of hydrogen-bond donors (Lipinski definition) is 1. The molecule has 0 aliphatic carbocycles. The zero-order valence-corrected chi connectivity index (χ0v) is 11.6. The summed E-state index contributed by atoms with van der Waals surface area (Å²) in [6.07, 6.45) is 2.39. The van der Waals surface area contributed by atoms with E-state index in [0.29, 0.717) is 11.3 Å². The molecule has 0 radical (unpaired) electrons. The highest BCUT2D eigenvalue weighted by Crippen LogP contribution is 2.18. The van der Waals surface area contributed by atoms with Gasteiger partial charge in [-0.1, -0.05) is 36.8 Å². The van der Waals surface area contributed by atoms with Gasteiger partial charge < -0.3 is 9.73 Å². The van der Waals surface area contributed by atoms with Gasteiger partial charge in [-0.05, 0) is 31.9 Å². The fraction of sp³-hybridized carbons (Fsp3) is 0.312. The first-order valence-corrected chi connectivity index (χ1v) is 6.53. The summed E-state index contributed by atoms with van der Waals surface area (Å²) in [5.74, 6) is 0.565. The number of aryl methyl sites for hydroxylation is 2. The highest BCUT2D eigenvalue weighted by atomic mass is 16.3. The quantitative estimate of drug-likeness (QED) is 0.905. The Morgan fingerprint density at radius 3 is 2.42 bits per heavy atom. The van der Waals surface area contributed by atoms with Crippen molar-refractivity contribution in [3.8, 4) is 0 Å². The van der Waals surface area contributed by atoms with Crippen LogP contribution in [0.15, 0.2) is 41.0 Å². The molecule has 3 heteroatoms. The predicted octanol–water partition coefficient (Wildman–Crippen LogP) is 3.78. The Hall–Kier alpha value is -2.03.